The van der Waals surface area contributed by atoms with E-state index in [0.717, 1.165) is 5.56 Å². The average molecular weight is 190 g/mol. The number of nitrogens with one attached hydrogen (secondary N) is 1. The summed E-state index contributed by atoms with van der Waals surface area (Å²) < 4.78 is 0. The fraction of sp³-hybridized carbons (Fsp3) is 0.455. The molecule has 3 nitrogen and oxygen atoms in total. The largest absolute Gasteiger partial charge is 0.328 e. The van der Waals surface area contributed by atoms with Gasteiger partial charge in [0.15, 0.2) is 0 Å². The molecule has 0 spiro atoms. The first-order chi connectivity index (χ1) is 6.56. The number of hydrogen-bond acceptors (Lipinski definition) is 2. The first kappa shape index (κ1) is 10.5. The van der Waals surface area contributed by atoms with Crippen LogP contribution in [0.1, 0.15) is 37.8 Å². The molecule has 1 aromatic heterocycles. The van der Waals surface area contributed by atoms with Crippen molar-refractivity contribution in [2.75, 3.05) is 0 Å². The number of aromatic amines is 1. The SMILES string of the molecule is CC(C)C(C)c1c[nH]c(=O)c(C#N)c1. The summed E-state index contributed by atoms with van der Waals surface area (Å²) in [6.45, 7) is 6.31. The van der Waals surface area contributed by atoms with E-state index >= 15 is 0 Å². The van der Waals surface area contributed by atoms with Crippen molar-refractivity contribution in [3.63, 3.8) is 0 Å². The van der Waals surface area contributed by atoms with Gasteiger partial charge in [-0.3, -0.25) is 4.79 Å². The predicted octanol–water partition coefficient (Wildman–Crippen LogP) is 2.01. The summed E-state index contributed by atoms with van der Waals surface area (Å²) in [5.41, 5.74) is 0.887. The number of nitrogens with zero attached hydrogens (tertiary/aromatic N) is 1. The molecule has 0 saturated heterocycles. The summed E-state index contributed by atoms with van der Waals surface area (Å²) in [5, 5.41) is 8.69. The number of nitriles is 1. The van der Waals surface area contributed by atoms with Crippen molar-refractivity contribution in [1.82, 2.24) is 4.98 Å². The highest BCUT2D eigenvalue weighted by Gasteiger charge is 2.11. The minimum absolute atomic E-state index is 0.190. The lowest BCUT2D eigenvalue weighted by atomic mass is 9.91. The van der Waals surface area contributed by atoms with E-state index in [1.165, 1.54) is 0 Å². The monoisotopic (exact) mass is 190 g/mol. The third-order valence-electron chi connectivity index (χ3n) is 2.57. The molecular formula is C11H14N2O. The third-order valence-corrected chi connectivity index (χ3v) is 2.57. The zero-order chi connectivity index (χ0) is 10.7. The smallest absolute Gasteiger partial charge is 0.265 e. The van der Waals surface area contributed by atoms with Crippen LogP contribution < -0.4 is 5.56 Å². The molecule has 74 valence electrons. The van der Waals surface area contributed by atoms with Gasteiger partial charge in [-0.25, -0.2) is 0 Å². The van der Waals surface area contributed by atoms with Crippen LogP contribution >= 0.6 is 0 Å². The van der Waals surface area contributed by atoms with Crippen molar-refractivity contribution in [3.8, 4) is 6.07 Å². The van der Waals surface area contributed by atoms with E-state index < -0.39 is 0 Å². The fourth-order valence-electron chi connectivity index (χ4n) is 1.23. The summed E-state index contributed by atoms with van der Waals surface area (Å²) in [4.78, 5) is 13.7. The Morgan fingerprint density at radius 3 is 2.57 bits per heavy atom. The molecule has 1 N–H and O–H groups in total. The van der Waals surface area contributed by atoms with Gasteiger partial charge in [0.25, 0.3) is 5.56 Å². The molecule has 1 rings (SSSR count). The third kappa shape index (κ3) is 2.02. The van der Waals surface area contributed by atoms with Crippen LogP contribution in [-0.2, 0) is 0 Å². The Kier molecular flexibility index (Phi) is 3.08. The van der Waals surface area contributed by atoms with Crippen LogP contribution in [0, 0.1) is 17.2 Å². The number of pyridine rings is 1. The maximum Gasteiger partial charge on any atom is 0.265 e. The first-order valence-corrected chi connectivity index (χ1v) is 4.69. The minimum Gasteiger partial charge on any atom is -0.328 e. The Balaban J connectivity index is 3.14. The van der Waals surface area contributed by atoms with E-state index in [2.05, 4.69) is 25.8 Å². The van der Waals surface area contributed by atoms with Gasteiger partial charge in [0, 0.05) is 6.20 Å². The second-order valence-corrected chi connectivity index (χ2v) is 3.82. The van der Waals surface area contributed by atoms with Gasteiger partial charge in [0.1, 0.15) is 11.6 Å². The number of H-pyrrole nitrogens is 1. The zero-order valence-corrected chi connectivity index (χ0v) is 8.66. The van der Waals surface area contributed by atoms with Gasteiger partial charge in [-0.15, -0.1) is 0 Å². The molecule has 3 heteroatoms. The lowest BCUT2D eigenvalue weighted by Gasteiger charge is -2.15. The Labute approximate surface area is 83.4 Å². The highest BCUT2D eigenvalue weighted by Crippen LogP contribution is 2.22. The summed E-state index contributed by atoms with van der Waals surface area (Å²) in [7, 11) is 0. The summed E-state index contributed by atoms with van der Waals surface area (Å²) >= 11 is 0. The molecule has 0 radical (unpaired) electrons. The van der Waals surface area contributed by atoms with E-state index in [4.69, 9.17) is 5.26 Å². The van der Waals surface area contributed by atoms with Crippen LogP contribution in [-0.4, -0.2) is 4.98 Å². The van der Waals surface area contributed by atoms with Crippen molar-refractivity contribution >= 4 is 0 Å². The standard InChI is InChI=1S/C11H14N2O/c1-7(2)8(3)10-4-9(5-12)11(14)13-6-10/h4,6-8H,1-3H3,(H,13,14). The molecule has 0 fully saturated rings. The van der Waals surface area contributed by atoms with Crippen molar-refractivity contribution < 1.29 is 0 Å². The Bertz CT molecular complexity index is 412. The second-order valence-electron chi connectivity index (χ2n) is 3.82. The lowest BCUT2D eigenvalue weighted by molar-refractivity contribution is 0.533. The van der Waals surface area contributed by atoms with Crippen LogP contribution in [0.2, 0.25) is 0 Å². The average Bonchev–Trinajstić information content (AvgIpc) is 2.17. The first-order valence-electron chi connectivity index (χ1n) is 4.69. The van der Waals surface area contributed by atoms with Gasteiger partial charge in [0.2, 0.25) is 0 Å². The van der Waals surface area contributed by atoms with Gasteiger partial charge in [-0.05, 0) is 23.5 Å². The Morgan fingerprint density at radius 1 is 1.43 bits per heavy atom. The second kappa shape index (κ2) is 4.10. The normalized spacial score (nSPS) is 12.5. The lowest BCUT2D eigenvalue weighted by Crippen LogP contribution is -2.12. The van der Waals surface area contributed by atoms with E-state index in [-0.39, 0.29) is 11.1 Å². The van der Waals surface area contributed by atoms with Crippen LogP contribution in [0.3, 0.4) is 0 Å². The number of rotatable bonds is 2. The molecule has 0 aromatic carbocycles. The molecule has 0 bridgehead atoms. The summed E-state index contributed by atoms with van der Waals surface area (Å²) in [5.74, 6) is 0.839. The topological polar surface area (TPSA) is 56.6 Å². The molecule has 1 aromatic rings. The molecule has 0 aliphatic carbocycles. The van der Waals surface area contributed by atoms with Gasteiger partial charge in [0.05, 0.1) is 0 Å². The van der Waals surface area contributed by atoms with E-state index in [1.807, 2.05) is 6.07 Å². The van der Waals surface area contributed by atoms with E-state index in [1.54, 1.807) is 12.3 Å². The molecule has 1 heterocycles. The predicted molar refractivity (Wildman–Crippen MR) is 55.0 cm³/mol. The molecule has 1 unspecified atom stereocenters. The molecule has 0 amide bonds. The number of aromatic nitrogens is 1. The van der Waals surface area contributed by atoms with Crippen molar-refractivity contribution in [1.29, 1.82) is 5.26 Å². The maximum absolute atomic E-state index is 11.1. The summed E-state index contributed by atoms with van der Waals surface area (Å²) in [6.07, 6.45) is 1.69. The number of hydrogen-bond donors (Lipinski definition) is 1. The summed E-state index contributed by atoms with van der Waals surface area (Å²) in [6, 6.07) is 3.56. The van der Waals surface area contributed by atoms with E-state index in [9.17, 15) is 4.79 Å². The van der Waals surface area contributed by atoms with Gasteiger partial charge < -0.3 is 4.98 Å². The molecule has 0 aliphatic heterocycles. The van der Waals surface area contributed by atoms with Crippen molar-refractivity contribution in [2.45, 2.75) is 26.7 Å². The molecule has 0 aliphatic rings. The van der Waals surface area contributed by atoms with Crippen LogP contribution in [0.5, 0.6) is 0 Å². The van der Waals surface area contributed by atoms with Gasteiger partial charge in [-0.2, -0.15) is 5.26 Å². The Morgan fingerprint density at radius 2 is 2.07 bits per heavy atom. The Hall–Kier alpha value is -1.56. The quantitative estimate of drug-likeness (QED) is 0.775. The van der Waals surface area contributed by atoms with Crippen LogP contribution in [0.15, 0.2) is 17.1 Å². The maximum atomic E-state index is 11.1. The van der Waals surface area contributed by atoms with Gasteiger partial charge in [-0.1, -0.05) is 20.8 Å². The molecular weight excluding hydrogens is 176 g/mol. The molecule has 1 atom stereocenters. The van der Waals surface area contributed by atoms with Crippen LogP contribution in [0.25, 0.3) is 0 Å². The van der Waals surface area contributed by atoms with Crippen molar-refractivity contribution in [3.05, 3.63) is 33.7 Å². The van der Waals surface area contributed by atoms with Crippen LogP contribution in [0.4, 0.5) is 0 Å². The minimum atomic E-state index is -0.313. The van der Waals surface area contributed by atoms with E-state index in [0.29, 0.717) is 11.8 Å². The van der Waals surface area contributed by atoms with Gasteiger partial charge >= 0.3 is 0 Å². The molecule has 14 heavy (non-hydrogen) atoms. The zero-order valence-electron chi connectivity index (χ0n) is 8.66. The fourth-order valence-corrected chi connectivity index (χ4v) is 1.23. The molecule has 0 saturated carbocycles. The highest BCUT2D eigenvalue weighted by molar-refractivity contribution is 5.30. The van der Waals surface area contributed by atoms with Crippen molar-refractivity contribution in [2.24, 2.45) is 5.92 Å². The highest BCUT2D eigenvalue weighted by atomic mass is 16.1.